The lowest BCUT2D eigenvalue weighted by atomic mass is 10.1. The van der Waals surface area contributed by atoms with Crippen molar-refractivity contribution in [3.63, 3.8) is 0 Å². The number of nitrogens with one attached hydrogen (secondary N) is 1. The molecule has 0 atom stereocenters. The number of pyridine rings is 1. The fraction of sp³-hybridized carbons (Fsp3) is 0.321. The lowest BCUT2D eigenvalue weighted by Crippen LogP contribution is -2.40. The third-order valence-electron chi connectivity index (χ3n) is 7.31. The molecule has 204 valence electrons. The summed E-state index contributed by atoms with van der Waals surface area (Å²) in [5, 5.41) is 3.65. The van der Waals surface area contributed by atoms with Gasteiger partial charge in [-0.3, -0.25) is 19.4 Å². The number of rotatable bonds is 2. The predicted octanol–water partition coefficient (Wildman–Crippen LogP) is 2.62. The van der Waals surface area contributed by atoms with E-state index < -0.39 is 0 Å². The minimum atomic E-state index is -0.225. The summed E-state index contributed by atoms with van der Waals surface area (Å²) in [6.45, 7) is 3.13. The number of amides is 1. The van der Waals surface area contributed by atoms with Gasteiger partial charge < -0.3 is 14.8 Å². The van der Waals surface area contributed by atoms with Crippen LogP contribution in [0.1, 0.15) is 18.4 Å². The van der Waals surface area contributed by atoms with E-state index in [4.69, 9.17) is 19.4 Å². The number of anilines is 3. The van der Waals surface area contributed by atoms with E-state index in [0.717, 1.165) is 42.9 Å². The van der Waals surface area contributed by atoms with Crippen LogP contribution in [0.15, 0.2) is 53.5 Å². The molecule has 0 saturated heterocycles. The van der Waals surface area contributed by atoms with E-state index >= 15 is 0 Å². The second kappa shape index (κ2) is 9.79. The van der Waals surface area contributed by atoms with Crippen LogP contribution < -0.4 is 25.2 Å². The zero-order valence-electron chi connectivity index (χ0n) is 22.0. The van der Waals surface area contributed by atoms with Crippen molar-refractivity contribution in [3.05, 3.63) is 64.6 Å². The van der Waals surface area contributed by atoms with Gasteiger partial charge in [0.2, 0.25) is 5.95 Å². The summed E-state index contributed by atoms with van der Waals surface area (Å²) in [5.74, 6) is 2.52. The van der Waals surface area contributed by atoms with Crippen LogP contribution in [0.2, 0.25) is 0 Å². The molecule has 0 spiro atoms. The molecule has 0 fully saturated rings. The molecule has 0 saturated carbocycles. The zero-order chi connectivity index (χ0) is 27.2. The van der Waals surface area contributed by atoms with Gasteiger partial charge in [0.15, 0.2) is 29.6 Å². The molecule has 1 aromatic carbocycles. The van der Waals surface area contributed by atoms with Crippen molar-refractivity contribution in [2.75, 3.05) is 43.6 Å². The van der Waals surface area contributed by atoms with Gasteiger partial charge in [-0.05, 0) is 50.2 Å². The fourth-order valence-corrected chi connectivity index (χ4v) is 5.29. The summed E-state index contributed by atoms with van der Waals surface area (Å²) in [7, 11) is 2.06. The summed E-state index contributed by atoms with van der Waals surface area (Å²) in [4.78, 5) is 44.1. The number of benzene rings is 1. The minimum absolute atomic E-state index is 0.0195. The molecule has 2 bridgehead atoms. The second-order valence-electron chi connectivity index (χ2n) is 10.1. The first-order valence-corrected chi connectivity index (χ1v) is 13.3. The van der Waals surface area contributed by atoms with Crippen molar-refractivity contribution in [1.82, 2.24) is 29.2 Å². The van der Waals surface area contributed by atoms with Crippen LogP contribution >= 0.6 is 0 Å². The first-order valence-electron chi connectivity index (χ1n) is 13.3. The van der Waals surface area contributed by atoms with Crippen molar-refractivity contribution in [2.24, 2.45) is 0 Å². The molecule has 0 radical (unpaired) electrons. The molecule has 3 aliphatic rings. The Labute approximate surface area is 229 Å². The highest BCUT2D eigenvalue weighted by molar-refractivity contribution is 5.96. The molecule has 4 aromatic rings. The topological polar surface area (TPSA) is 120 Å². The van der Waals surface area contributed by atoms with Gasteiger partial charge in [0, 0.05) is 37.1 Å². The average molecular weight is 541 g/mol. The van der Waals surface area contributed by atoms with E-state index in [1.807, 2.05) is 30.4 Å². The smallest absolute Gasteiger partial charge is 0.278 e. The number of aromatic nitrogens is 5. The molecule has 3 aliphatic heterocycles. The summed E-state index contributed by atoms with van der Waals surface area (Å²) in [5.41, 5.74) is 2.07. The molecule has 0 aliphatic carbocycles. The predicted molar refractivity (Wildman–Crippen MR) is 149 cm³/mol. The lowest BCUT2D eigenvalue weighted by molar-refractivity contribution is -0.121. The van der Waals surface area contributed by atoms with E-state index in [9.17, 15) is 9.59 Å². The van der Waals surface area contributed by atoms with E-state index in [2.05, 4.69) is 22.2 Å². The van der Waals surface area contributed by atoms with Crippen molar-refractivity contribution in [2.45, 2.75) is 25.9 Å². The maximum atomic E-state index is 13.5. The largest absolute Gasteiger partial charge is 0.492 e. The number of likely N-dealkylation sites (N-methyl/N-ethyl adjacent to an activating group) is 1. The third-order valence-corrected chi connectivity index (χ3v) is 7.31. The first kappa shape index (κ1) is 24.3. The van der Waals surface area contributed by atoms with Gasteiger partial charge in [0.05, 0.1) is 6.54 Å². The van der Waals surface area contributed by atoms with E-state index in [-0.39, 0.29) is 18.1 Å². The standard InChI is InChI=1S/C28H28N8O4/c1-33-12-13-39-21-7-6-19(14-18(21)16-33)30-28-29-15-20-25(32-28)36-23-9-8-22-26(31-23)34(24(37)17-40-22)10-4-2-3-5-11-35(36)27(20)38/h3,5-9,14-15H,2,4,10-13,16-17H2,1H3,(H,29,30,32)/b5-3-. The first-order chi connectivity index (χ1) is 19.5. The molecule has 12 nitrogen and oxygen atoms in total. The number of fused-ring (bicyclic) bond motifs is 6. The Balaban J connectivity index is 1.33. The van der Waals surface area contributed by atoms with Gasteiger partial charge in [-0.25, -0.2) is 19.3 Å². The molecular weight excluding hydrogens is 512 g/mol. The highest BCUT2D eigenvalue weighted by Crippen LogP contribution is 2.32. The van der Waals surface area contributed by atoms with E-state index in [1.165, 1.54) is 0 Å². The molecule has 3 aromatic heterocycles. The van der Waals surface area contributed by atoms with E-state index in [0.29, 0.717) is 54.1 Å². The number of carbonyl (C=O) groups is 1. The average Bonchev–Trinajstić information content (AvgIpc) is 3.08. The number of hydrogen-bond donors (Lipinski definition) is 1. The number of carbonyl (C=O) groups excluding carboxylic acids is 1. The van der Waals surface area contributed by atoms with Crippen molar-refractivity contribution in [3.8, 4) is 17.3 Å². The molecule has 6 heterocycles. The van der Waals surface area contributed by atoms with Crippen molar-refractivity contribution in [1.29, 1.82) is 0 Å². The number of allylic oxidation sites excluding steroid dienone is 2. The second-order valence-corrected chi connectivity index (χ2v) is 10.1. The third kappa shape index (κ3) is 4.26. The van der Waals surface area contributed by atoms with Gasteiger partial charge in [-0.1, -0.05) is 12.2 Å². The van der Waals surface area contributed by atoms with Gasteiger partial charge in [0.1, 0.15) is 17.7 Å². The lowest BCUT2D eigenvalue weighted by Gasteiger charge is -2.28. The monoisotopic (exact) mass is 540 g/mol. The number of nitrogens with zero attached hydrogens (tertiary/aromatic N) is 7. The summed E-state index contributed by atoms with van der Waals surface area (Å²) < 4.78 is 14.8. The summed E-state index contributed by atoms with van der Waals surface area (Å²) >= 11 is 0. The minimum Gasteiger partial charge on any atom is -0.492 e. The van der Waals surface area contributed by atoms with Crippen LogP contribution in [0, 0.1) is 0 Å². The fourth-order valence-electron chi connectivity index (χ4n) is 5.29. The molecule has 1 amide bonds. The number of ether oxygens (including phenoxy) is 2. The molecule has 0 unspecified atom stereocenters. The van der Waals surface area contributed by atoms with Crippen LogP contribution in [-0.2, 0) is 17.9 Å². The molecular formula is C28H28N8O4. The molecule has 1 N–H and O–H groups in total. The Hall–Kier alpha value is -4.71. The number of hydrogen-bond acceptors (Lipinski definition) is 9. The van der Waals surface area contributed by atoms with Gasteiger partial charge in [0.25, 0.3) is 11.5 Å². The summed E-state index contributed by atoms with van der Waals surface area (Å²) in [6.07, 6.45) is 7.07. The van der Waals surface area contributed by atoms with Crippen LogP contribution in [0.4, 0.5) is 17.5 Å². The van der Waals surface area contributed by atoms with Crippen LogP contribution in [0.25, 0.3) is 16.9 Å². The maximum Gasteiger partial charge on any atom is 0.278 e. The zero-order valence-corrected chi connectivity index (χ0v) is 22.0. The SMILES string of the molecule is CN1CCOc2ccc(Nc3ncc4c(=O)n5n(c4n3)-c3ccc4c(n3)N(CCC/C=C\C5)C(=O)CO4)cc2C1. The van der Waals surface area contributed by atoms with Crippen LogP contribution in [0.3, 0.4) is 0 Å². The van der Waals surface area contributed by atoms with Gasteiger partial charge in [-0.15, -0.1) is 0 Å². The van der Waals surface area contributed by atoms with Gasteiger partial charge >= 0.3 is 0 Å². The molecule has 40 heavy (non-hydrogen) atoms. The van der Waals surface area contributed by atoms with Crippen molar-refractivity contribution >= 4 is 34.4 Å². The van der Waals surface area contributed by atoms with E-state index in [1.54, 1.807) is 32.6 Å². The Morgan fingerprint density at radius 2 is 1.90 bits per heavy atom. The van der Waals surface area contributed by atoms with Crippen LogP contribution in [-0.4, -0.2) is 68.5 Å². The van der Waals surface area contributed by atoms with Crippen LogP contribution in [0.5, 0.6) is 11.5 Å². The highest BCUT2D eigenvalue weighted by atomic mass is 16.5. The molecule has 12 heteroatoms. The Bertz CT molecular complexity index is 1730. The normalized spacial score (nSPS) is 17.9. The Morgan fingerprint density at radius 1 is 1.00 bits per heavy atom. The van der Waals surface area contributed by atoms with Gasteiger partial charge in [-0.2, -0.15) is 4.98 Å². The highest BCUT2D eigenvalue weighted by Gasteiger charge is 2.28. The summed E-state index contributed by atoms with van der Waals surface area (Å²) in [6, 6.07) is 9.47. The quantitative estimate of drug-likeness (QED) is 0.383. The van der Waals surface area contributed by atoms with Crippen molar-refractivity contribution < 1.29 is 14.3 Å². The Kier molecular flexibility index (Phi) is 5.96. The Morgan fingerprint density at radius 3 is 2.83 bits per heavy atom. The molecule has 7 rings (SSSR count). The maximum absolute atomic E-state index is 13.5.